The second-order valence-electron chi connectivity index (χ2n) is 1.74. The number of hydrogen-bond acceptors (Lipinski definition) is 2. The van der Waals surface area contributed by atoms with Gasteiger partial charge in [0.15, 0.2) is 0 Å². The fraction of sp³-hybridized carbons (Fsp3) is 0.571. The van der Waals surface area contributed by atoms with Crippen LogP contribution in [0.1, 0.15) is 13.8 Å². The summed E-state index contributed by atoms with van der Waals surface area (Å²) in [4.78, 5) is 4.06. The van der Waals surface area contributed by atoms with Crippen molar-refractivity contribution in [3.63, 3.8) is 0 Å². The maximum Gasteiger partial charge on any atom is 0.0924 e. The van der Waals surface area contributed by atoms with Gasteiger partial charge in [0.05, 0.1) is 5.04 Å². The Balaban J connectivity index is 3.85. The lowest BCUT2D eigenvalue weighted by atomic mass is 10.4. The van der Waals surface area contributed by atoms with Crippen LogP contribution in [0.15, 0.2) is 17.1 Å². The van der Waals surface area contributed by atoms with Gasteiger partial charge in [0.25, 0.3) is 0 Å². The standard InChI is InChI=1S/C7H13NS/c1-5-9-7(8-4)6(2)3/h2,5H2,1,3-4H3. The molecule has 2 heteroatoms. The van der Waals surface area contributed by atoms with Gasteiger partial charge in [-0.05, 0) is 18.2 Å². The highest BCUT2D eigenvalue weighted by Gasteiger charge is 1.95. The Kier molecular flexibility index (Phi) is 4.50. The van der Waals surface area contributed by atoms with E-state index in [0.29, 0.717) is 0 Å². The van der Waals surface area contributed by atoms with Gasteiger partial charge in [-0.2, -0.15) is 0 Å². The molecular formula is C7H13NS. The van der Waals surface area contributed by atoms with Crippen molar-refractivity contribution in [3.05, 3.63) is 12.2 Å². The average molecular weight is 143 g/mol. The summed E-state index contributed by atoms with van der Waals surface area (Å²) in [6.07, 6.45) is 0. The first-order valence-corrected chi connectivity index (χ1v) is 3.96. The van der Waals surface area contributed by atoms with Crippen LogP contribution in [-0.2, 0) is 0 Å². The molecule has 0 atom stereocenters. The number of nitrogens with zero attached hydrogens (tertiary/aromatic N) is 1. The van der Waals surface area contributed by atoms with Crippen LogP contribution in [0.4, 0.5) is 0 Å². The molecule has 52 valence electrons. The van der Waals surface area contributed by atoms with Crippen LogP contribution < -0.4 is 0 Å². The molecule has 0 N–H and O–H groups in total. The van der Waals surface area contributed by atoms with E-state index in [4.69, 9.17) is 0 Å². The summed E-state index contributed by atoms with van der Waals surface area (Å²) in [5, 5.41) is 1.07. The van der Waals surface area contributed by atoms with Crippen LogP contribution in [0.5, 0.6) is 0 Å². The maximum atomic E-state index is 4.06. The smallest absolute Gasteiger partial charge is 0.0924 e. The summed E-state index contributed by atoms with van der Waals surface area (Å²) in [6, 6.07) is 0. The van der Waals surface area contributed by atoms with Gasteiger partial charge < -0.3 is 0 Å². The molecule has 0 fully saturated rings. The van der Waals surface area contributed by atoms with Crippen LogP contribution in [0.25, 0.3) is 0 Å². The Morgan fingerprint density at radius 3 is 2.33 bits per heavy atom. The average Bonchev–Trinajstić information content (AvgIpc) is 1.82. The minimum Gasteiger partial charge on any atom is -0.282 e. The molecule has 0 aromatic carbocycles. The summed E-state index contributed by atoms with van der Waals surface area (Å²) in [5.74, 6) is 1.07. The topological polar surface area (TPSA) is 12.4 Å². The molecule has 0 aromatic rings. The second-order valence-corrected chi connectivity index (χ2v) is 2.99. The van der Waals surface area contributed by atoms with E-state index in [1.165, 1.54) is 0 Å². The van der Waals surface area contributed by atoms with Gasteiger partial charge in [0.1, 0.15) is 0 Å². The fourth-order valence-corrected chi connectivity index (χ4v) is 1.16. The molecule has 0 rings (SSSR count). The van der Waals surface area contributed by atoms with Gasteiger partial charge in [-0.15, -0.1) is 11.8 Å². The van der Waals surface area contributed by atoms with Gasteiger partial charge >= 0.3 is 0 Å². The van der Waals surface area contributed by atoms with E-state index in [-0.39, 0.29) is 0 Å². The number of rotatable bonds is 2. The Labute approximate surface area is 61.3 Å². The minimum atomic E-state index is 1.06. The first-order chi connectivity index (χ1) is 4.22. The predicted octanol–water partition coefficient (Wildman–Crippen LogP) is 2.34. The molecule has 0 aliphatic rings. The largest absolute Gasteiger partial charge is 0.282 e. The lowest BCUT2D eigenvalue weighted by molar-refractivity contribution is 1.44. The molecule has 0 saturated carbocycles. The Morgan fingerprint density at radius 2 is 2.22 bits per heavy atom. The molecule has 0 bridgehead atoms. The highest BCUT2D eigenvalue weighted by atomic mass is 32.2. The highest BCUT2D eigenvalue weighted by Crippen LogP contribution is 2.09. The molecule has 0 unspecified atom stereocenters. The molecule has 0 aromatic heterocycles. The summed E-state index contributed by atoms with van der Waals surface area (Å²) >= 11 is 1.73. The van der Waals surface area contributed by atoms with Gasteiger partial charge in [-0.25, -0.2) is 0 Å². The van der Waals surface area contributed by atoms with Gasteiger partial charge in [-0.3, -0.25) is 4.99 Å². The van der Waals surface area contributed by atoms with Gasteiger partial charge in [-0.1, -0.05) is 13.5 Å². The molecule has 0 aliphatic heterocycles. The molecule has 0 saturated heterocycles. The SMILES string of the molecule is C=C(C)C(=NC)SCC. The molecule has 0 heterocycles. The molecule has 1 nitrogen and oxygen atoms in total. The lowest BCUT2D eigenvalue weighted by Gasteiger charge is -1.99. The zero-order valence-corrected chi connectivity index (χ0v) is 7.09. The van der Waals surface area contributed by atoms with Crippen LogP contribution in [0.3, 0.4) is 0 Å². The fourth-order valence-electron chi connectivity index (χ4n) is 0.515. The predicted molar refractivity (Wildman–Crippen MR) is 46.3 cm³/mol. The van der Waals surface area contributed by atoms with Crippen molar-refractivity contribution in [1.82, 2.24) is 0 Å². The van der Waals surface area contributed by atoms with Crippen LogP contribution in [-0.4, -0.2) is 17.8 Å². The van der Waals surface area contributed by atoms with Gasteiger partial charge in [0.2, 0.25) is 0 Å². The zero-order valence-electron chi connectivity index (χ0n) is 6.27. The zero-order chi connectivity index (χ0) is 7.28. The Bertz CT molecular complexity index is 127. The van der Waals surface area contributed by atoms with E-state index >= 15 is 0 Å². The van der Waals surface area contributed by atoms with Crippen molar-refractivity contribution in [2.24, 2.45) is 4.99 Å². The van der Waals surface area contributed by atoms with Crippen molar-refractivity contribution in [1.29, 1.82) is 0 Å². The summed E-state index contributed by atoms with van der Waals surface area (Å²) in [7, 11) is 1.80. The maximum absolute atomic E-state index is 4.06. The molecule has 0 spiro atoms. The summed E-state index contributed by atoms with van der Waals surface area (Å²) < 4.78 is 0. The van der Waals surface area contributed by atoms with E-state index in [1.54, 1.807) is 18.8 Å². The van der Waals surface area contributed by atoms with Gasteiger partial charge in [0, 0.05) is 7.05 Å². The number of hydrogen-bond donors (Lipinski definition) is 0. The van der Waals surface area contributed by atoms with Crippen molar-refractivity contribution in [2.75, 3.05) is 12.8 Å². The first kappa shape index (κ1) is 8.76. The minimum absolute atomic E-state index is 1.06. The third-order valence-corrected chi connectivity index (χ3v) is 1.94. The Hall–Kier alpha value is -0.240. The van der Waals surface area contributed by atoms with E-state index in [1.807, 2.05) is 6.92 Å². The monoisotopic (exact) mass is 143 g/mol. The first-order valence-electron chi connectivity index (χ1n) is 2.97. The van der Waals surface area contributed by atoms with Crippen molar-refractivity contribution >= 4 is 16.8 Å². The molecule has 0 aliphatic carbocycles. The normalized spacial score (nSPS) is 11.7. The third kappa shape index (κ3) is 3.36. The van der Waals surface area contributed by atoms with Crippen molar-refractivity contribution in [3.8, 4) is 0 Å². The van der Waals surface area contributed by atoms with Crippen molar-refractivity contribution < 1.29 is 0 Å². The summed E-state index contributed by atoms with van der Waals surface area (Å²) in [5.41, 5.74) is 1.06. The quantitative estimate of drug-likeness (QED) is 0.427. The second kappa shape index (κ2) is 4.62. The van der Waals surface area contributed by atoms with Crippen molar-refractivity contribution in [2.45, 2.75) is 13.8 Å². The van der Waals surface area contributed by atoms with Crippen LogP contribution in [0, 0.1) is 0 Å². The summed E-state index contributed by atoms with van der Waals surface area (Å²) in [6.45, 7) is 7.88. The van der Waals surface area contributed by atoms with E-state index in [2.05, 4.69) is 18.5 Å². The Morgan fingerprint density at radius 1 is 1.67 bits per heavy atom. The van der Waals surface area contributed by atoms with Crippen LogP contribution >= 0.6 is 11.8 Å². The highest BCUT2D eigenvalue weighted by molar-refractivity contribution is 8.14. The molecule has 9 heavy (non-hydrogen) atoms. The van der Waals surface area contributed by atoms with E-state index in [9.17, 15) is 0 Å². The number of thioether (sulfide) groups is 1. The molecule has 0 amide bonds. The molecular weight excluding hydrogens is 130 g/mol. The lowest BCUT2D eigenvalue weighted by Crippen LogP contribution is -1.92. The molecule has 0 radical (unpaired) electrons. The van der Waals surface area contributed by atoms with Crippen LogP contribution in [0.2, 0.25) is 0 Å². The van der Waals surface area contributed by atoms with E-state index in [0.717, 1.165) is 16.4 Å². The van der Waals surface area contributed by atoms with E-state index < -0.39 is 0 Å². The third-order valence-electron chi connectivity index (χ3n) is 0.849. The number of aliphatic imine (C=N–C) groups is 1.